The molecule has 0 bridgehead atoms. The molecule has 2 aromatic rings. The summed E-state index contributed by atoms with van der Waals surface area (Å²) in [4.78, 5) is 17.0. The average Bonchev–Trinajstić information content (AvgIpc) is 2.49. The van der Waals surface area contributed by atoms with Crippen LogP contribution in [0.2, 0.25) is 0 Å². The number of carbonyl (C=O) groups is 1. The Morgan fingerprint density at radius 1 is 1.05 bits per heavy atom. The summed E-state index contributed by atoms with van der Waals surface area (Å²) in [5.74, 6) is -1.01. The zero-order chi connectivity index (χ0) is 14.4. The minimum absolute atomic E-state index is 0.288. The lowest BCUT2D eigenvalue weighted by molar-refractivity contribution is -0.281. The first-order valence-electron chi connectivity index (χ1n) is 6.11. The molecule has 0 saturated heterocycles. The van der Waals surface area contributed by atoms with Crippen LogP contribution in [0.5, 0.6) is 0 Å². The third kappa shape index (κ3) is 3.34. The van der Waals surface area contributed by atoms with Crippen LogP contribution in [0.1, 0.15) is 11.8 Å². The first kappa shape index (κ1) is 14.0. The highest BCUT2D eigenvalue weighted by atomic mass is 17.1. The Labute approximate surface area is 116 Å². The lowest BCUT2D eigenvalue weighted by Gasteiger charge is -2.30. The van der Waals surface area contributed by atoms with Gasteiger partial charge in [0.1, 0.15) is 6.54 Å². The molecular formula is C15H15NO4. The monoisotopic (exact) mass is 273 g/mol. The van der Waals surface area contributed by atoms with Crippen molar-refractivity contribution >= 4 is 11.7 Å². The quantitative estimate of drug-likeness (QED) is 0.481. The topological polar surface area (TPSA) is 70.0 Å². The van der Waals surface area contributed by atoms with E-state index in [0.717, 1.165) is 0 Å². The second-order valence-corrected chi connectivity index (χ2v) is 4.23. The zero-order valence-electron chi connectivity index (χ0n) is 10.7. The Bertz CT molecular complexity index is 544. The minimum atomic E-state index is -1.01. The van der Waals surface area contributed by atoms with Crippen molar-refractivity contribution in [1.82, 2.24) is 0 Å². The second-order valence-electron chi connectivity index (χ2n) is 4.23. The van der Waals surface area contributed by atoms with Gasteiger partial charge in [-0.05, 0) is 12.1 Å². The minimum Gasteiger partial charge on any atom is -0.480 e. The number of nitrogens with zero attached hydrogens (tertiary/aromatic N) is 1. The molecule has 0 radical (unpaired) electrons. The average molecular weight is 273 g/mol. The van der Waals surface area contributed by atoms with Crippen LogP contribution in [-0.2, 0) is 9.68 Å². The van der Waals surface area contributed by atoms with Gasteiger partial charge < -0.3 is 10.0 Å². The predicted molar refractivity (Wildman–Crippen MR) is 74.3 cm³/mol. The number of rotatable bonds is 6. The molecular weight excluding hydrogens is 258 g/mol. The van der Waals surface area contributed by atoms with Crippen LogP contribution in [0.25, 0.3) is 0 Å². The fourth-order valence-corrected chi connectivity index (χ4v) is 1.99. The highest BCUT2D eigenvalue weighted by molar-refractivity contribution is 5.74. The summed E-state index contributed by atoms with van der Waals surface area (Å²) in [7, 11) is 0. The van der Waals surface area contributed by atoms with Crippen molar-refractivity contribution in [2.75, 3.05) is 11.4 Å². The molecule has 2 N–H and O–H groups in total. The molecule has 1 unspecified atom stereocenters. The maximum absolute atomic E-state index is 11.1. The summed E-state index contributed by atoms with van der Waals surface area (Å²) >= 11 is 0. The van der Waals surface area contributed by atoms with Gasteiger partial charge in [-0.3, -0.25) is 4.79 Å². The van der Waals surface area contributed by atoms with Gasteiger partial charge in [-0.15, -0.1) is 0 Å². The summed E-state index contributed by atoms with van der Waals surface area (Å²) in [6.45, 7) is -0.288. The molecule has 2 aromatic carbocycles. The number of carboxylic acid groups (broad SMARTS) is 1. The molecule has 2 rings (SSSR count). The molecule has 1 atom stereocenters. The van der Waals surface area contributed by atoms with E-state index in [-0.39, 0.29) is 6.54 Å². The lowest BCUT2D eigenvalue weighted by atomic mass is 10.1. The molecule has 0 spiro atoms. The van der Waals surface area contributed by atoms with E-state index in [9.17, 15) is 10.1 Å². The fraction of sp³-hybridized carbons (Fsp3) is 0.133. The van der Waals surface area contributed by atoms with Crippen LogP contribution < -0.4 is 4.90 Å². The van der Waals surface area contributed by atoms with E-state index in [1.54, 1.807) is 48.5 Å². The van der Waals surface area contributed by atoms with E-state index < -0.39 is 12.2 Å². The van der Waals surface area contributed by atoms with Gasteiger partial charge >= 0.3 is 5.97 Å². The standard InChI is InChI=1S/C15H15NO4/c17-14(18)11-16(13-9-5-2-6-10-13)15(20-19)12-7-3-1-4-8-12/h1-10,15,19H,11H2,(H,17,18). The molecule has 104 valence electrons. The molecule has 0 fully saturated rings. The summed E-state index contributed by atoms with van der Waals surface area (Å²) < 4.78 is 0. The Morgan fingerprint density at radius 2 is 1.60 bits per heavy atom. The third-order valence-electron chi connectivity index (χ3n) is 2.86. The van der Waals surface area contributed by atoms with Gasteiger partial charge in [0.2, 0.25) is 0 Å². The SMILES string of the molecule is O=C(O)CN(c1ccccc1)C(OO)c1ccccc1. The zero-order valence-corrected chi connectivity index (χ0v) is 10.7. The van der Waals surface area contributed by atoms with Gasteiger partial charge in [0, 0.05) is 11.3 Å². The van der Waals surface area contributed by atoms with E-state index in [0.29, 0.717) is 11.3 Å². The van der Waals surface area contributed by atoms with Gasteiger partial charge in [0.15, 0.2) is 6.23 Å². The Hall–Kier alpha value is -2.37. The molecule has 5 heteroatoms. The third-order valence-corrected chi connectivity index (χ3v) is 2.86. The summed E-state index contributed by atoms with van der Waals surface area (Å²) in [5, 5.41) is 18.2. The van der Waals surface area contributed by atoms with Crippen molar-refractivity contribution in [3.63, 3.8) is 0 Å². The number of para-hydroxylation sites is 1. The van der Waals surface area contributed by atoms with Gasteiger partial charge in [0.05, 0.1) is 0 Å². The molecule has 20 heavy (non-hydrogen) atoms. The first-order chi connectivity index (χ1) is 9.72. The summed E-state index contributed by atoms with van der Waals surface area (Å²) in [5.41, 5.74) is 1.32. The highest BCUT2D eigenvalue weighted by Crippen LogP contribution is 2.27. The smallest absolute Gasteiger partial charge is 0.323 e. The van der Waals surface area contributed by atoms with E-state index in [2.05, 4.69) is 4.89 Å². The van der Waals surface area contributed by atoms with Crippen LogP contribution in [-0.4, -0.2) is 22.9 Å². The van der Waals surface area contributed by atoms with Crippen molar-refractivity contribution < 1.29 is 20.0 Å². The molecule has 0 heterocycles. The number of carboxylic acids is 1. The lowest BCUT2D eigenvalue weighted by Crippen LogP contribution is -2.34. The van der Waals surface area contributed by atoms with Crippen molar-refractivity contribution in [3.05, 3.63) is 66.2 Å². The highest BCUT2D eigenvalue weighted by Gasteiger charge is 2.23. The predicted octanol–water partition coefficient (Wildman–Crippen LogP) is 2.77. The Balaban J connectivity index is 2.36. The maximum atomic E-state index is 11.1. The van der Waals surface area contributed by atoms with Gasteiger partial charge in [0.25, 0.3) is 0 Å². The van der Waals surface area contributed by atoms with Gasteiger partial charge in [-0.1, -0.05) is 48.5 Å². The van der Waals surface area contributed by atoms with E-state index in [1.807, 2.05) is 12.1 Å². The molecule has 0 aliphatic rings. The largest absolute Gasteiger partial charge is 0.480 e. The van der Waals surface area contributed by atoms with Crippen LogP contribution >= 0.6 is 0 Å². The van der Waals surface area contributed by atoms with E-state index in [1.165, 1.54) is 4.90 Å². The van der Waals surface area contributed by atoms with Crippen molar-refractivity contribution in [2.24, 2.45) is 0 Å². The maximum Gasteiger partial charge on any atom is 0.323 e. The number of anilines is 1. The fourth-order valence-electron chi connectivity index (χ4n) is 1.99. The molecule has 0 saturated carbocycles. The van der Waals surface area contributed by atoms with E-state index >= 15 is 0 Å². The van der Waals surface area contributed by atoms with Crippen LogP contribution in [0.3, 0.4) is 0 Å². The van der Waals surface area contributed by atoms with Crippen LogP contribution in [0.4, 0.5) is 5.69 Å². The van der Waals surface area contributed by atoms with Crippen LogP contribution in [0.15, 0.2) is 60.7 Å². The number of aliphatic carboxylic acids is 1. The van der Waals surface area contributed by atoms with Crippen LogP contribution in [0, 0.1) is 0 Å². The van der Waals surface area contributed by atoms with Crippen molar-refractivity contribution in [3.8, 4) is 0 Å². The summed E-state index contributed by atoms with van der Waals surface area (Å²) in [6, 6.07) is 17.9. The number of hydrogen-bond acceptors (Lipinski definition) is 4. The molecule has 0 aliphatic heterocycles. The second kappa shape index (κ2) is 6.70. The summed E-state index contributed by atoms with van der Waals surface area (Å²) in [6.07, 6.45) is -0.880. The van der Waals surface area contributed by atoms with E-state index in [4.69, 9.17) is 5.11 Å². The molecule has 0 aromatic heterocycles. The number of hydrogen-bond donors (Lipinski definition) is 2. The van der Waals surface area contributed by atoms with Gasteiger partial charge in [-0.25, -0.2) is 10.1 Å². The molecule has 5 nitrogen and oxygen atoms in total. The van der Waals surface area contributed by atoms with Crippen molar-refractivity contribution in [2.45, 2.75) is 6.23 Å². The normalized spacial score (nSPS) is 11.8. The Morgan fingerprint density at radius 3 is 2.10 bits per heavy atom. The first-order valence-corrected chi connectivity index (χ1v) is 6.11. The molecule has 0 amide bonds. The number of benzene rings is 2. The van der Waals surface area contributed by atoms with Crippen molar-refractivity contribution in [1.29, 1.82) is 0 Å². The molecule has 0 aliphatic carbocycles. The van der Waals surface area contributed by atoms with Gasteiger partial charge in [-0.2, -0.15) is 0 Å². The Kier molecular flexibility index (Phi) is 4.70.